The predicted octanol–water partition coefficient (Wildman–Crippen LogP) is 3.10. The summed E-state index contributed by atoms with van der Waals surface area (Å²) in [6.45, 7) is 2.00. The van der Waals surface area contributed by atoms with Crippen LogP contribution < -0.4 is 5.73 Å². The van der Waals surface area contributed by atoms with Crippen molar-refractivity contribution >= 4 is 33.3 Å². The maximum absolute atomic E-state index is 6.05. The molecule has 2 N–H and O–H groups in total. The number of pyridine rings is 1. The highest BCUT2D eigenvalue weighted by Crippen LogP contribution is 2.27. The molecule has 0 spiro atoms. The summed E-state index contributed by atoms with van der Waals surface area (Å²) in [7, 11) is 0. The lowest BCUT2D eigenvalue weighted by atomic mass is 10.3. The molecule has 0 aromatic carbocycles. The van der Waals surface area contributed by atoms with Crippen LogP contribution in [0.2, 0.25) is 5.02 Å². The summed E-state index contributed by atoms with van der Waals surface area (Å²) in [5.41, 5.74) is 7.20. The van der Waals surface area contributed by atoms with E-state index in [-0.39, 0.29) is 0 Å². The lowest BCUT2D eigenvalue weighted by Crippen LogP contribution is -2.03. The van der Waals surface area contributed by atoms with Crippen LogP contribution in [-0.2, 0) is 6.42 Å². The molecule has 2 aromatic heterocycles. The van der Waals surface area contributed by atoms with E-state index in [2.05, 4.69) is 30.9 Å². The first-order valence-electron chi connectivity index (χ1n) is 5.06. The van der Waals surface area contributed by atoms with Gasteiger partial charge in [-0.1, -0.05) is 18.5 Å². The first kappa shape index (κ1) is 12.3. The van der Waals surface area contributed by atoms with Crippen molar-refractivity contribution in [2.45, 2.75) is 13.3 Å². The van der Waals surface area contributed by atoms with Crippen LogP contribution in [0.15, 0.2) is 22.8 Å². The van der Waals surface area contributed by atoms with E-state index in [1.165, 1.54) is 0 Å². The molecule has 4 nitrogen and oxygen atoms in total. The van der Waals surface area contributed by atoms with Gasteiger partial charge < -0.3 is 5.73 Å². The third kappa shape index (κ3) is 2.40. The smallest absolute Gasteiger partial charge is 0.182 e. The van der Waals surface area contributed by atoms with Gasteiger partial charge in [0.1, 0.15) is 11.5 Å². The van der Waals surface area contributed by atoms with Gasteiger partial charge in [0, 0.05) is 6.20 Å². The molecule has 17 heavy (non-hydrogen) atoms. The molecule has 88 valence electrons. The largest absolute Gasteiger partial charge is 0.383 e. The van der Waals surface area contributed by atoms with Gasteiger partial charge in [-0.25, -0.2) is 9.97 Å². The molecule has 0 radical (unpaired) electrons. The van der Waals surface area contributed by atoms with Gasteiger partial charge in [0.05, 0.1) is 15.2 Å². The number of anilines is 1. The highest BCUT2D eigenvalue weighted by atomic mass is 79.9. The molecule has 0 saturated carbocycles. The number of halogens is 2. The SMILES string of the molecule is CCc1nc(-c2ncccc2Cl)nc(N)c1Br. The molecule has 6 heteroatoms. The first-order valence-corrected chi connectivity index (χ1v) is 6.23. The van der Waals surface area contributed by atoms with Gasteiger partial charge in [-0.3, -0.25) is 4.98 Å². The second kappa shape index (κ2) is 4.98. The Kier molecular flexibility index (Phi) is 3.59. The molecule has 0 aliphatic carbocycles. The van der Waals surface area contributed by atoms with Crippen molar-refractivity contribution in [2.75, 3.05) is 5.73 Å². The Morgan fingerprint density at radius 3 is 2.82 bits per heavy atom. The highest BCUT2D eigenvalue weighted by Gasteiger charge is 2.13. The number of hydrogen-bond acceptors (Lipinski definition) is 4. The fraction of sp³-hybridized carbons (Fsp3) is 0.182. The van der Waals surface area contributed by atoms with Crippen LogP contribution >= 0.6 is 27.5 Å². The van der Waals surface area contributed by atoms with E-state index >= 15 is 0 Å². The summed E-state index contributed by atoms with van der Waals surface area (Å²) in [5, 5.41) is 0.510. The average molecular weight is 314 g/mol. The zero-order valence-corrected chi connectivity index (χ0v) is 11.5. The van der Waals surface area contributed by atoms with Gasteiger partial charge >= 0.3 is 0 Å². The summed E-state index contributed by atoms with van der Waals surface area (Å²) in [4.78, 5) is 12.7. The lowest BCUT2D eigenvalue weighted by molar-refractivity contribution is 0.989. The molecule has 0 fully saturated rings. The van der Waals surface area contributed by atoms with Crippen molar-refractivity contribution in [3.05, 3.63) is 33.5 Å². The molecule has 0 unspecified atom stereocenters. The van der Waals surface area contributed by atoms with E-state index in [0.29, 0.717) is 22.4 Å². The van der Waals surface area contributed by atoms with Gasteiger partial charge in [0.2, 0.25) is 0 Å². The van der Waals surface area contributed by atoms with E-state index in [1.807, 2.05) is 6.92 Å². The van der Waals surface area contributed by atoms with Crippen LogP contribution in [-0.4, -0.2) is 15.0 Å². The van der Waals surface area contributed by atoms with Crippen LogP contribution in [0.3, 0.4) is 0 Å². The van der Waals surface area contributed by atoms with Gasteiger partial charge in [-0.15, -0.1) is 0 Å². The monoisotopic (exact) mass is 312 g/mol. The molecular weight excluding hydrogens is 304 g/mol. The minimum atomic E-state index is 0.397. The quantitative estimate of drug-likeness (QED) is 0.925. The van der Waals surface area contributed by atoms with Crippen molar-refractivity contribution in [3.8, 4) is 11.5 Å². The van der Waals surface area contributed by atoms with Crippen molar-refractivity contribution in [3.63, 3.8) is 0 Å². The number of hydrogen-bond donors (Lipinski definition) is 1. The Bertz CT molecular complexity index is 559. The summed E-state index contributed by atoms with van der Waals surface area (Å²) in [6.07, 6.45) is 2.40. The van der Waals surface area contributed by atoms with Crippen LogP contribution in [0, 0.1) is 0 Å². The molecule has 0 aliphatic heterocycles. The van der Waals surface area contributed by atoms with Crippen LogP contribution in [0.1, 0.15) is 12.6 Å². The molecule has 2 heterocycles. The Morgan fingerprint density at radius 1 is 1.41 bits per heavy atom. The fourth-order valence-electron chi connectivity index (χ4n) is 1.40. The zero-order chi connectivity index (χ0) is 12.4. The van der Waals surface area contributed by atoms with Gasteiger partial charge in [0.15, 0.2) is 5.82 Å². The van der Waals surface area contributed by atoms with Crippen LogP contribution in [0.25, 0.3) is 11.5 Å². The molecule has 0 bridgehead atoms. The Morgan fingerprint density at radius 2 is 2.18 bits per heavy atom. The normalized spacial score (nSPS) is 10.5. The van der Waals surface area contributed by atoms with Crippen molar-refractivity contribution in [2.24, 2.45) is 0 Å². The molecule has 0 atom stereocenters. The maximum atomic E-state index is 6.05. The number of nitrogens with zero attached hydrogens (tertiary/aromatic N) is 3. The number of nitrogens with two attached hydrogens (primary N) is 1. The van der Waals surface area contributed by atoms with Crippen molar-refractivity contribution < 1.29 is 0 Å². The highest BCUT2D eigenvalue weighted by molar-refractivity contribution is 9.10. The van der Waals surface area contributed by atoms with Gasteiger partial charge in [0.25, 0.3) is 0 Å². The molecule has 2 rings (SSSR count). The number of aromatic nitrogens is 3. The number of rotatable bonds is 2. The summed E-state index contributed by atoms with van der Waals surface area (Å²) in [6, 6.07) is 3.51. The summed E-state index contributed by atoms with van der Waals surface area (Å²) >= 11 is 9.41. The standard InChI is InChI=1S/C11H10BrClN4/c1-2-7-8(12)10(14)17-11(16-7)9-6(13)4-3-5-15-9/h3-5H,2H2,1H3,(H2,14,16,17). The molecule has 0 aliphatic rings. The zero-order valence-electron chi connectivity index (χ0n) is 9.11. The fourth-order valence-corrected chi connectivity index (χ4v) is 2.07. The summed E-state index contributed by atoms with van der Waals surface area (Å²) < 4.78 is 0.732. The van der Waals surface area contributed by atoms with Gasteiger partial charge in [-0.2, -0.15) is 0 Å². The second-order valence-corrected chi connectivity index (χ2v) is 4.58. The topological polar surface area (TPSA) is 64.7 Å². The molecule has 2 aromatic rings. The molecular formula is C11H10BrClN4. The Labute approximate surface area is 112 Å². The number of nitrogen functional groups attached to an aromatic ring is 1. The van der Waals surface area contributed by atoms with E-state index < -0.39 is 0 Å². The van der Waals surface area contributed by atoms with Gasteiger partial charge in [-0.05, 0) is 34.5 Å². The van der Waals surface area contributed by atoms with Crippen molar-refractivity contribution in [1.29, 1.82) is 0 Å². The van der Waals surface area contributed by atoms with Crippen LogP contribution in [0.5, 0.6) is 0 Å². The minimum Gasteiger partial charge on any atom is -0.383 e. The third-order valence-electron chi connectivity index (χ3n) is 2.25. The lowest BCUT2D eigenvalue weighted by Gasteiger charge is -2.07. The predicted molar refractivity (Wildman–Crippen MR) is 71.8 cm³/mol. The van der Waals surface area contributed by atoms with E-state index in [9.17, 15) is 0 Å². The first-order chi connectivity index (χ1) is 8.13. The summed E-state index contributed by atoms with van der Waals surface area (Å²) in [5.74, 6) is 0.849. The molecule has 0 amide bonds. The Hall–Kier alpha value is -1.20. The van der Waals surface area contributed by atoms with Crippen molar-refractivity contribution in [1.82, 2.24) is 15.0 Å². The minimum absolute atomic E-state index is 0.397. The third-order valence-corrected chi connectivity index (χ3v) is 3.42. The molecule has 0 saturated heterocycles. The van der Waals surface area contributed by atoms with E-state index in [1.54, 1.807) is 18.3 Å². The maximum Gasteiger partial charge on any atom is 0.182 e. The van der Waals surface area contributed by atoms with E-state index in [0.717, 1.165) is 16.6 Å². The second-order valence-electron chi connectivity index (χ2n) is 3.38. The average Bonchev–Trinajstić information content (AvgIpc) is 2.33. The van der Waals surface area contributed by atoms with E-state index in [4.69, 9.17) is 17.3 Å². The van der Waals surface area contributed by atoms with Crippen LogP contribution in [0.4, 0.5) is 5.82 Å². The Balaban J connectivity index is 2.61. The number of aryl methyl sites for hydroxylation is 1.